The van der Waals surface area contributed by atoms with Crippen molar-refractivity contribution in [1.82, 2.24) is 10.5 Å². The Labute approximate surface area is 133 Å². The molecule has 0 aliphatic heterocycles. The highest BCUT2D eigenvalue weighted by atomic mass is 16.5. The van der Waals surface area contributed by atoms with Crippen LogP contribution in [-0.2, 0) is 22.6 Å². The number of carbonyl (C=O) groups is 2. The van der Waals surface area contributed by atoms with E-state index < -0.39 is 5.97 Å². The summed E-state index contributed by atoms with van der Waals surface area (Å²) in [5, 5.41) is 15.0. The Bertz CT molecular complexity index is 622. The highest BCUT2D eigenvalue weighted by Gasteiger charge is 2.05. The molecule has 0 bridgehead atoms. The number of hydrogen-bond acceptors (Lipinski definition) is 5. The maximum atomic E-state index is 11.7. The molecule has 7 heteroatoms. The molecule has 0 aliphatic carbocycles. The minimum Gasteiger partial charge on any atom is -0.494 e. The van der Waals surface area contributed by atoms with E-state index in [0.29, 0.717) is 31.0 Å². The van der Waals surface area contributed by atoms with Crippen LogP contribution in [-0.4, -0.2) is 28.7 Å². The lowest BCUT2D eigenvalue weighted by atomic mass is 10.2. The fourth-order valence-corrected chi connectivity index (χ4v) is 1.87. The Morgan fingerprint density at radius 1 is 1.22 bits per heavy atom. The molecule has 0 fully saturated rings. The molecule has 1 amide bonds. The first-order valence-corrected chi connectivity index (χ1v) is 7.23. The summed E-state index contributed by atoms with van der Waals surface area (Å²) in [5.41, 5.74) is 1.53. The summed E-state index contributed by atoms with van der Waals surface area (Å²) < 4.78 is 10.1. The molecule has 7 nitrogen and oxygen atoms in total. The average molecular weight is 318 g/mol. The third-order valence-electron chi connectivity index (χ3n) is 3.05. The van der Waals surface area contributed by atoms with Crippen LogP contribution in [0.5, 0.6) is 5.75 Å². The molecule has 2 N–H and O–H groups in total. The number of carbonyl (C=O) groups excluding carboxylic acids is 1. The zero-order valence-corrected chi connectivity index (χ0v) is 12.5. The van der Waals surface area contributed by atoms with Crippen molar-refractivity contribution >= 4 is 11.9 Å². The molecule has 0 spiro atoms. The Balaban J connectivity index is 1.70. The molecule has 0 unspecified atom stereocenters. The first kappa shape index (κ1) is 16.5. The first-order valence-electron chi connectivity index (χ1n) is 7.23. The van der Waals surface area contributed by atoms with Gasteiger partial charge in [0.25, 0.3) is 0 Å². The standard InChI is InChI=1S/C16H18N2O5/c19-15(10-13-7-9-23-18-13)17-11-12-3-5-14(6-4-12)22-8-1-2-16(20)21/h3-7,9H,1-2,8,10-11H2,(H,17,19)(H,20,21). The number of amides is 1. The first-order chi connectivity index (χ1) is 11.1. The van der Waals surface area contributed by atoms with Crippen molar-refractivity contribution in [3.05, 3.63) is 47.9 Å². The van der Waals surface area contributed by atoms with E-state index in [9.17, 15) is 9.59 Å². The second-order valence-electron chi connectivity index (χ2n) is 4.93. The van der Waals surface area contributed by atoms with Crippen LogP contribution < -0.4 is 10.1 Å². The number of aromatic nitrogens is 1. The number of benzene rings is 1. The smallest absolute Gasteiger partial charge is 0.303 e. The molecule has 0 atom stereocenters. The molecule has 1 heterocycles. The molecule has 2 rings (SSSR count). The van der Waals surface area contributed by atoms with Gasteiger partial charge >= 0.3 is 5.97 Å². The van der Waals surface area contributed by atoms with Gasteiger partial charge in [0.2, 0.25) is 5.91 Å². The van der Waals surface area contributed by atoms with Crippen LogP contribution in [0, 0.1) is 0 Å². The predicted octanol–water partition coefficient (Wildman–Crippen LogP) is 1.78. The number of rotatable bonds is 9. The molecular formula is C16H18N2O5. The molecule has 1 aromatic heterocycles. The minimum absolute atomic E-state index is 0.0929. The third-order valence-corrected chi connectivity index (χ3v) is 3.05. The summed E-state index contributed by atoms with van der Waals surface area (Å²) >= 11 is 0. The van der Waals surface area contributed by atoms with Crippen molar-refractivity contribution in [1.29, 1.82) is 0 Å². The van der Waals surface area contributed by atoms with E-state index in [1.54, 1.807) is 18.2 Å². The highest BCUT2D eigenvalue weighted by molar-refractivity contribution is 5.78. The van der Waals surface area contributed by atoms with Gasteiger partial charge in [-0.15, -0.1) is 0 Å². The Morgan fingerprint density at radius 3 is 2.65 bits per heavy atom. The van der Waals surface area contributed by atoms with Crippen LogP contribution in [0.2, 0.25) is 0 Å². The van der Waals surface area contributed by atoms with E-state index in [0.717, 1.165) is 5.56 Å². The number of aliphatic carboxylic acids is 1. The van der Waals surface area contributed by atoms with E-state index in [4.69, 9.17) is 9.84 Å². The summed E-state index contributed by atoms with van der Waals surface area (Å²) in [6.45, 7) is 0.774. The van der Waals surface area contributed by atoms with E-state index in [1.165, 1.54) is 6.26 Å². The number of nitrogens with one attached hydrogen (secondary N) is 1. The summed E-state index contributed by atoms with van der Waals surface area (Å²) in [5.74, 6) is -0.286. The quantitative estimate of drug-likeness (QED) is 0.683. The number of nitrogens with zero attached hydrogens (tertiary/aromatic N) is 1. The Kier molecular flexibility index (Phi) is 6.17. The van der Waals surface area contributed by atoms with Gasteiger partial charge in [-0.2, -0.15) is 0 Å². The molecule has 1 aromatic carbocycles. The fourth-order valence-electron chi connectivity index (χ4n) is 1.87. The van der Waals surface area contributed by atoms with E-state index >= 15 is 0 Å². The van der Waals surface area contributed by atoms with Gasteiger partial charge in [0.05, 0.1) is 18.7 Å². The third kappa shape index (κ3) is 6.21. The van der Waals surface area contributed by atoms with Crippen LogP contribution in [0.25, 0.3) is 0 Å². The Hall–Kier alpha value is -2.83. The van der Waals surface area contributed by atoms with Gasteiger partial charge in [0.15, 0.2) is 0 Å². The summed E-state index contributed by atoms with van der Waals surface area (Å²) in [6, 6.07) is 8.93. The van der Waals surface area contributed by atoms with Crippen LogP contribution in [0.4, 0.5) is 0 Å². The van der Waals surface area contributed by atoms with Crippen molar-refractivity contribution in [3.8, 4) is 5.75 Å². The average Bonchev–Trinajstić information content (AvgIpc) is 3.03. The van der Waals surface area contributed by atoms with Gasteiger partial charge in [-0.3, -0.25) is 9.59 Å². The highest BCUT2D eigenvalue weighted by Crippen LogP contribution is 2.12. The van der Waals surface area contributed by atoms with Gasteiger partial charge in [0, 0.05) is 19.0 Å². The molecule has 0 radical (unpaired) electrons. The molecule has 23 heavy (non-hydrogen) atoms. The topological polar surface area (TPSA) is 102 Å². The minimum atomic E-state index is -0.828. The lowest BCUT2D eigenvalue weighted by Gasteiger charge is -2.07. The lowest BCUT2D eigenvalue weighted by molar-refractivity contribution is -0.137. The number of carboxylic acids is 1. The number of hydrogen-bond donors (Lipinski definition) is 2. The monoisotopic (exact) mass is 318 g/mol. The maximum absolute atomic E-state index is 11.7. The SMILES string of the molecule is O=C(O)CCCOc1ccc(CNC(=O)Cc2ccon2)cc1. The van der Waals surface area contributed by atoms with Gasteiger partial charge in [0.1, 0.15) is 12.0 Å². The molecule has 122 valence electrons. The van der Waals surface area contributed by atoms with Gasteiger partial charge in [-0.25, -0.2) is 0 Å². The maximum Gasteiger partial charge on any atom is 0.303 e. The number of ether oxygens (including phenoxy) is 1. The van der Waals surface area contributed by atoms with Gasteiger partial charge in [-0.05, 0) is 24.1 Å². The van der Waals surface area contributed by atoms with Crippen molar-refractivity contribution in [2.24, 2.45) is 0 Å². The van der Waals surface area contributed by atoms with E-state index in [2.05, 4.69) is 15.0 Å². The van der Waals surface area contributed by atoms with Crippen molar-refractivity contribution in [2.45, 2.75) is 25.8 Å². The zero-order chi connectivity index (χ0) is 16.5. The second-order valence-corrected chi connectivity index (χ2v) is 4.93. The molecule has 0 aliphatic rings. The molecule has 0 saturated carbocycles. The van der Waals surface area contributed by atoms with Crippen LogP contribution in [0.3, 0.4) is 0 Å². The zero-order valence-electron chi connectivity index (χ0n) is 12.5. The summed E-state index contributed by atoms with van der Waals surface area (Å²) in [4.78, 5) is 22.1. The van der Waals surface area contributed by atoms with Crippen LogP contribution in [0.1, 0.15) is 24.1 Å². The van der Waals surface area contributed by atoms with Crippen molar-refractivity contribution in [2.75, 3.05) is 6.61 Å². The van der Waals surface area contributed by atoms with Crippen LogP contribution >= 0.6 is 0 Å². The van der Waals surface area contributed by atoms with Crippen molar-refractivity contribution < 1.29 is 24.0 Å². The normalized spacial score (nSPS) is 10.3. The van der Waals surface area contributed by atoms with E-state index in [1.807, 2.05) is 12.1 Å². The van der Waals surface area contributed by atoms with Gasteiger partial charge < -0.3 is 19.7 Å². The fraction of sp³-hybridized carbons (Fsp3) is 0.312. The molecular weight excluding hydrogens is 300 g/mol. The van der Waals surface area contributed by atoms with Gasteiger partial charge in [-0.1, -0.05) is 17.3 Å². The predicted molar refractivity (Wildman–Crippen MR) is 80.9 cm³/mol. The molecule has 2 aromatic rings. The summed E-state index contributed by atoms with van der Waals surface area (Å²) in [7, 11) is 0. The summed E-state index contributed by atoms with van der Waals surface area (Å²) in [6.07, 6.45) is 2.17. The van der Waals surface area contributed by atoms with Crippen molar-refractivity contribution in [3.63, 3.8) is 0 Å². The van der Waals surface area contributed by atoms with E-state index in [-0.39, 0.29) is 18.7 Å². The molecule has 0 saturated heterocycles. The lowest BCUT2D eigenvalue weighted by Crippen LogP contribution is -2.24. The second kappa shape index (κ2) is 8.57. The number of carboxylic acid groups (broad SMARTS) is 1. The Morgan fingerprint density at radius 2 is 2.00 bits per heavy atom. The van der Waals surface area contributed by atoms with Crippen LogP contribution in [0.15, 0.2) is 41.1 Å². The largest absolute Gasteiger partial charge is 0.494 e.